The van der Waals surface area contributed by atoms with Crippen LogP contribution in [-0.2, 0) is 14.3 Å². The maximum Gasteiger partial charge on any atom is 0.407 e. The summed E-state index contributed by atoms with van der Waals surface area (Å²) >= 11 is 0. The van der Waals surface area contributed by atoms with Gasteiger partial charge in [-0.2, -0.15) is 0 Å². The van der Waals surface area contributed by atoms with E-state index in [4.69, 9.17) is 9.47 Å². The predicted molar refractivity (Wildman–Crippen MR) is 87.7 cm³/mol. The lowest BCUT2D eigenvalue weighted by Gasteiger charge is -2.19. The number of allylic oxidation sites excluding steroid dienone is 1. The van der Waals surface area contributed by atoms with Gasteiger partial charge in [0.1, 0.15) is 11.2 Å². The molecule has 0 aliphatic heterocycles. The van der Waals surface area contributed by atoms with Crippen molar-refractivity contribution in [1.82, 2.24) is 5.32 Å². The fraction of sp³-hybridized carbons (Fsp3) is 0.765. The van der Waals surface area contributed by atoms with Gasteiger partial charge < -0.3 is 14.8 Å². The van der Waals surface area contributed by atoms with Crippen LogP contribution < -0.4 is 5.32 Å². The van der Waals surface area contributed by atoms with Gasteiger partial charge in [0.05, 0.1) is 0 Å². The molecule has 0 spiro atoms. The van der Waals surface area contributed by atoms with Gasteiger partial charge in [-0.15, -0.1) is 0 Å². The van der Waals surface area contributed by atoms with Crippen molar-refractivity contribution in [2.24, 2.45) is 0 Å². The Kier molecular flexibility index (Phi) is 8.83. The highest BCUT2D eigenvalue weighted by atomic mass is 16.6. The van der Waals surface area contributed by atoms with Crippen LogP contribution in [0.4, 0.5) is 4.79 Å². The van der Waals surface area contributed by atoms with E-state index in [1.54, 1.807) is 0 Å². The summed E-state index contributed by atoms with van der Waals surface area (Å²) in [6, 6.07) is 0. The molecule has 5 heteroatoms. The normalized spacial score (nSPS) is 12.3. The third-order valence-electron chi connectivity index (χ3n) is 2.32. The smallest absolute Gasteiger partial charge is 0.407 e. The van der Waals surface area contributed by atoms with E-state index in [1.807, 2.05) is 53.7 Å². The molecule has 1 N–H and O–H groups in total. The molecule has 0 unspecified atom stereocenters. The van der Waals surface area contributed by atoms with Gasteiger partial charge in [0.25, 0.3) is 0 Å². The lowest BCUT2D eigenvalue weighted by atomic mass is 10.2. The molecule has 0 atom stereocenters. The van der Waals surface area contributed by atoms with E-state index < -0.39 is 17.3 Å². The zero-order valence-electron chi connectivity index (χ0n) is 14.8. The largest absolute Gasteiger partial charge is 0.460 e. The summed E-state index contributed by atoms with van der Waals surface area (Å²) in [5, 5.41) is 2.69. The zero-order valence-corrected chi connectivity index (χ0v) is 14.8. The molecule has 0 aromatic rings. The Hall–Kier alpha value is -1.52. The Morgan fingerprint density at radius 1 is 0.909 bits per heavy atom. The number of hydrogen-bond acceptors (Lipinski definition) is 4. The van der Waals surface area contributed by atoms with Crippen LogP contribution in [0.15, 0.2) is 12.2 Å². The van der Waals surface area contributed by atoms with Crippen LogP contribution in [0.1, 0.15) is 67.2 Å². The highest BCUT2D eigenvalue weighted by molar-refractivity contribution is 5.69. The molecule has 1 amide bonds. The summed E-state index contributed by atoms with van der Waals surface area (Å²) in [5.41, 5.74) is -0.887. The van der Waals surface area contributed by atoms with Crippen molar-refractivity contribution in [2.75, 3.05) is 6.54 Å². The number of carbonyl (C=O) groups is 2. The predicted octanol–water partition coefficient (Wildman–Crippen LogP) is 3.97. The first-order valence-electron chi connectivity index (χ1n) is 7.83. The third-order valence-corrected chi connectivity index (χ3v) is 2.32. The van der Waals surface area contributed by atoms with E-state index in [-0.39, 0.29) is 5.97 Å². The minimum atomic E-state index is -0.471. The quantitative estimate of drug-likeness (QED) is 0.439. The van der Waals surface area contributed by atoms with Crippen molar-refractivity contribution < 1.29 is 19.1 Å². The van der Waals surface area contributed by atoms with Crippen LogP contribution in [-0.4, -0.2) is 29.8 Å². The Morgan fingerprint density at radius 3 is 2.00 bits per heavy atom. The van der Waals surface area contributed by atoms with Gasteiger partial charge in [-0.3, -0.25) is 4.79 Å². The summed E-state index contributed by atoms with van der Waals surface area (Å²) in [6.07, 6.45) is 6.37. The molecule has 0 radical (unpaired) electrons. The molecule has 0 aliphatic carbocycles. The van der Waals surface area contributed by atoms with Gasteiger partial charge in [-0.05, 0) is 60.8 Å². The van der Waals surface area contributed by atoms with Gasteiger partial charge in [0, 0.05) is 13.0 Å². The Bertz CT molecular complexity index is 339. The van der Waals surface area contributed by atoms with Gasteiger partial charge in [-0.1, -0.05) is 12.2 Å². The monoisotopic (exact) mass is 313 g/mol. The second-order valence-electron chi connectivity index (χ2n) is 7.17. The SMILES string of the molecule is CC(C)(C)OC(=O)CCC/C=C/CCNC(=O)OC(C)(C)C. The van der Waals surface area contributed by atoms with Gasteiger partial charge in [0.2, 0.25) is 0 Å². The molecular weight excluding hydrogens is 282 g/mol. The molecule has 0 heterocycles. The molecule has 0 bridgehead atoms. The summed E-state index contributed by atoms with van der Waals surface area (Å²) in [5.74, 6) is -0.160. The third kappa shape index (κ3) is 14.9. The molecule has 0 saturated carbocycles. The molecule has 0 rings (SSSR count). The van der Waals surface area contributed by atoms with Crippen LogP contribution in [0, 0.1) is 0 Å². The number of rotatable bonds is 7. The van der Waals surface area contributed by atoms with E-state index >= 15 is 0 Å². The van der Waals surface area contributed by atoms with Gasteiger partial charge in [-0.25, -0.2) is 4.79 Å². The van der Waals surface area contributed by atoms with Crippen LogP contribution in [0.25, 0.3) is 0 Å². The number of alkyl carbamates (subject to hydrolysis) is 1. The zero-order chi connectivity index (χ0) is 17.2. The maximum absolute atomic E-state index is 11.5. The van der Waals surface area contributed by atoms with Crippen molar-refractivity contribution in [3.8, 4) is 0 Å². The van der Waals surface area contributed by atoms with E-state index in [1.165, 1.54) is 0 Å². The van der Waals surface area contributed by atoms with Crippen LogP contribution in [0.5, 0.6) is 0 Å². The number of carbonyl (C=O) groups excluding carboxylic acids is 2. The molecular formula is C17H31NO4. The summed E-state index contributed by atoms with van der Waals surface area (Å²) in [6.45, 7) is 11.6. The first kappa shape index (κ1) is 20.5. The number of nitrogens with one attached hydrogen (secondary N) is 1. The Morgan fingerprint density at radius 2 is 1.45 bits per heavy atom. The molecule has 128 valence electrons. The second-order valence-corrected chi connectivity index (χ2v) is 7.17. The fourth-order valence-corrected chi connectivity index (χ4v) is 1.56. The van der Waals surface area contributed by atoms with Crippen molar-refractivity contribution >= 4 is 12.1 Å². The number of esters is 1. The average Bonchev–Trinajstić information content (AvgIpc) is 2.27. The van der Waals surface area contributed by atoms with Crippen molar-refractivity contribution in [3.63, 3.8) is 0 Å². The van der Waals surface area contributed by atoms with E-state index in [9.17, 15) is 9.59 Å². The molecule has 0 aromatic heterocycles. The summed E-state index contributed by atoms with van der Waals surface area (Å²) in [4.78, 5) is 22.8. The first-order chi connectivity index (χ1) is 9.99. The van der Waals surface area contributed by atoms with Crippen molar-refractivity contribution in [2.45, 2.75) is 78.4 Å². The minimum Gasteiger partial charge on any atom is -0.460 e. The lowest BCUT2D eigenvalue weighted by molar-refractivity contribution is -0.154. The molecule has 0 fully saturated rings. The fourth-order valence-electron chi connectivity index (χ4n) is 1.56. The van der Waals surface area contributed by atoms with Crippen LogP contribution >= 0.6 is 0 Å². The number of unbranched alkanes of at least 4 members (excludes halogenated alkanes) is 1. The maximum atomic E-state index is 11.5. The average molecular weight is 313 g/mol. The molecule has 0 aliphatic rings. The molecule has 5 nitrogen and oxygen atoms in total. The number of ether oxygens (including phenoxy) is 2. The number of amides is 1. The minimum absolute atomic E-state index is 0.160. The van der Waals surface area contributed by atoms with E-state index in [0.29, 0.717) is 13.0 Å². The Balaban J connectivity index is 3.60. The topological polar surface area (TPSA) is 64.6 Å². The van der Waals surface area contributed by atoms with Crippen molar-refractivity contribution in [3.05, 3.63) is 12.2 Å². The van der Waals surface area contributed by atoms with Gasteiger partial charge in [0.15, 0.2) is 0 Å². The lowest BCUT2D eigenvalue weighted by Crippen LogP contribution is -2.32. The van der Waals surface area contributed by atoms with Crippen LogP contribution in [0.2, 0.25) is 0 Å². The van der Waals surface area contributed by atoms with Gasteiger partial charge >= 0.3 is 12.1 Å². The highest BCUT2D eigenvalue weighted by Gasteiger charge is 2.16. The highest BCUT2D eigenvalue weighted by Crippen LogP contribution is 2.10. The summed E-state index contributed by atoms with van der Waals surface area (Å²) < 4.78 is 10.3. The Labute approximate surface area is 134 Å². The standard InChI is InChI=1S/C17H31NO4/c1-16(2,3)21-14(19)12-10-8-7-9-11-13-18-15(20)22-17(4,5)6/h7,9H,8,10-13H2,1-6H3,(H,18,20)/b9-7+. The summed E-state index contributed by atoms with van der Waals surface area (Å²) in [7, 11) is 0. The van der Waals surface area contributed by atoms with E-state index in [2.05, 4.69) is 5.32 Å². The molecule has 0 saturated heterocycles. The molecule has 22 heavy (non-hydrogen) atoms. The van der Waals surface area contributed by atoms with Crippen molar-refractivity contribution in [1.29, 1.82) is 0 Å². The van der Waals surface area contributed by atoms with Crippen LogP contribution in [0.3, 0.4) is 0 Å². The first-order valence-corrected chi connectivity index (χ1v) is 7.83. The number of hydrogen-bond donors (Lipinski definition) is 1. The second kappa shape index (κ2) is 9.49. The van der Waals surface area contributed by atoms with E-state index in [0.717, 1.165) is 19.3 Å². The molecule has 0 aromatic carbocycles.